The van der Waals surface area contributed by atoms with Gasteiger partial charge < -0.3 is 4.74 Å². The van der Waals surface area contributed by atoms with Gasteiger partial charge in [0.05, 0.1) is 5.39 Å². The van der Waals surface area contributed by atoms with Gasteiger partial charge in [0.25, 0.3) is 0 Å². The minimum absolute atomic E-state index is 0.00396. The van der Waals surface area contributed by atoms with Crippen LogP contribution in [-0.2, 0) is 0 Å². The molecule has 0 saturated heterocycles. The van der Waals surface area contributed by atoms with E-state index in [1.807, 2.05) is 30.5 Å². The minimum Gasteiger partial charge on any atom is -0.438 e. The molecule has 0 fully saturated rings. The van der Waals surface area contributed by atoms with Crippen LogP contribution in [0.25, 0.3) is 20.7 Å². The molecule has 0 amide bonds. The average molecular weight is 366 g/mol. The van der Waals surface area contributed by atoms with Crippen LogP contribution < -0.4 is 4.74 Å². The number of ketones is 1. The summed E-state index contributed by atoms with van der Waals surface area (Å²) in [5.41, 5.74) is 1.69. The number of carbonyl (C=O) groups is 1. The van der Waals surface area contributed by atoms with Crippen molar-refractivity contribution in [1.29, 1.82) is 0 Å². The molecule has 0 spiro atoms. The Morgan fingerprint density at radius 2 is 2.00 bits per heavy atom. The van der Waals surface area contributed by atoms with Gasteiger partial charge in [0.15, 0.2) is 5.78 Å². The van der Waals surface area contributed by atoms with Gasteiger partial charge in [-0.15, -0.1) is 22.7 Å². The topological polar surface area (TPSA) is 52.1 Å². The zero-order valence-corrected chi connectivity index (χ0v) is 15.3. The second-order valence-electron chi connectivity index (χ2n) is 5.57. The maximum Gasteiger partial charge on any atom is 0.231 e. The molecular formula is C19H14N2O2S2. The summed E-state index contributed by atoms with van der Waals surface area (Å²) in [4.78, 5) is 22.7. The van der Waals surface area contributed by atoms with Gasteiger partial charge in [0.1, 0.15) is 16.4 Å². The first kappa shape index (κ1) is 15.9. The van der Waals surface area contributed by atoms with E-state index in [1.54, 1.807) is 41.7 Å². The number of hydrogen-bond donors (Lipinski definition) is 0. The van der Waals surface area contributed by atoms with E-state index in [-0.39, 0.29) is 5.78 Å². The van der Waals surface area contributed by atoms with Crippen molar-refractivity contribution in [2.45, 2.75) is 13.8 Å². The Hall–Kier alpha value is -2.57. The van der Waals surface area contributed by atoms with E-state index in [0.717, 1.165) is 20.7 Å². The number of nitrogens with zero attached hydrogens (tertiary/aromatic N) is 2. The number of fused-ring (bicyclic) bond motifs is 1. The third-order valence-corrected chi connectivity index (χ3v) is 5.53. The van der Waals surface area contributed by atoms with Gasteiger partial charge in [-0.05, 0) is 37.4 Å². The molecule has 0 saturated carbocycles. The number of hydrogen-bond acceptors (Lipinski definition) is 6. The lowest BCUT2D eigenvalue weighted by Crippen LogP contribution is -1.96. The van der Waals surface area contributed by atoms with E-state index in [0.29, 0.717) is 23.0 Å². The molecule has 0 atom stereocenters. The Labute approximate surface area is 152 Å². The first-order valence-corrected chi connectivity index (χ1v) is 9.46. The molecule has 6 heteroatoms. The summed E-state index contributed by atoms with van der Waals surface area (Å²) in [6, 6.07) is 11.3. The van der Waals surface area contributed by atoms with Gasteiger partial charge in [-0.3, -0.25) is 4.79 Å². The normalized spacial score (nSPS) is 11.0. The number of thiophene rings is 2. The summed E-state index contributed by atoms with van der Waals surface area (Å²) in [7, 11) is 0. The Morgan fingerprint density at radius 3 is 2.76 bits per heavy atom. The van der Waals surface area contributed by atoms with Crippen molar-refractivity contribution >= 4 is 38.7 Å². The fraction of sp³-hybridized carbons (Fsp3) is 0.105. The van der Waals surface area contributed by atoms with Gasteiger partial charge in [-0.2, -0.15) is 4.98 Å². The van der Waals surface area contributed by atoms with E-state index in [1.165, 1.54) is 0 Å². The predicted octanol–water partition coefficient (Wildman–Crippen LogP) is 5.72. The van der Waals surface area contributed by atoms with Gasteiger partial charge in [0, 0.05) is 21.4 Å². The van der Waals surface area contributed by atoms with Crippen LogP contribution in [0.4, 0.5) is 0 Å². The minimum atomic E-state index is 0.00396. The number of aromatic nitrogens is 2. The number of benzene rings is 1. The Balaban J connectivity index is 1.85. The lowest BCUT2D eigenvalue weighted by atomic mass is 10.1. The molecule has 4 nitrogen and oxygen atoms in total. The highest BCUT2D eigenvalue weighted by Gasteiger charge is 2.17. The molecular weight excluding hydrogens is 352 g/mol. The number of Topliss-reactive ketones (excluding diaryl/α,β-unsaturated/α-hetero) is 1. The molecule has 0 aliphatic rings. The van der Waals surface area contributed by atoms with Crippen LogP contribution in [0.3, 0.4) is 0 Å². The molecule has 4 rings (SSSR count). The van der Waals surface area contributed by atoms with Gasteiger partial charge in [-0.25, -0.2) is 4.98 Å². The SMILES string of the molecule is CC(=O)c1cccc(Oc2nc(C)nc3scc(-c4cccs4)c23)c1. The highest BCUT2D eigenvalue weighted by molar-refractivity contribution is 7.18. The molecule has 0 bridgehead atoms. The molecule has 25 heavy (non-hydrogen) atoms. The fourth-order valence-electron chi connectivity index (χ4n) is 2.59. The summed E-state index contributed by atoms with van der Waals surface area (Å²) in [5, 5.41) is 5.04. The predicted molar refractivity (Wildman–Crippen MR) is 102 cm³/mol. The summed E-state index contributed by atoms with van der Waals surface area (Å²) in [5.74, 6) is 1.78. The van der Waals surface area contributed by atoms with E-state index >= 15 is 0 Å². The van der Waals surface area contributed by atoms with Crippen LogP contribution >= 0.6 is 22.7 Å². The molecule has 0 aliphatic heterocycles. The highest BCUT2D eigenvalue weighted by atomic mass is 32.1. The maximum absolute atomic E-state index is 11.6. The smallest absolute Gasteiger partial charge is 0.231 e. The zero-order valence-electron chi connectivity index (χ0n) is 13.6. The Kier molecular flexibility index (Phi) is 4.07. The highest BCUT2D eigenvalue weighted by Crippen LogP contribution is 2.41. The first-order valence-electron chi connectivity index (χ1n) is 7.70. The number of ether oxygens (including phenoxy) is 1. The molecule has 0 radical (unpaired) electrons. The summed E-state index contributed by atoms with van der Waals surface area (Å²) >= 11 is 3.25. The number of aryl methyl sites for hydroxylation is 1. The van der Waals surface area contributed by atoms with Gasteiger partial charge in [-0.1, -0.05) is 18.2 Å². The van der Waals surface area contributed by atoms with Gasteiger partial charge in [0.2, 0.25) is 5.88 Å². The molecule has 1 aromatic carbocycles. The van der Waals surface area contributed by atoms with Gasteiger partial charge >= 0.3 is 0 Å². The van der Waals surface area contributed by atoms with Crippen LogP contribution in [0.15, 0.2) is 47.2 Å². The van der Waals surface area contributed by atoms with Crippen LogP contribution in [0.1, 0.15) is 23.1 Å². The molecule has 3 heterocycles. The molecule has 4 aromatic rings. The van der Waals surface area contributed by atoms with E-state index in [4.69, 9.17) is 4.74 Å². The number of carbonyl (C=O) groups excluding carboxylic acids is 1. The lowest BCUT2D eigenvalue weighted by molar-refractivity contribution is 0.101. The Morgan fingerprint density at radius 1 is 1.12 bits per heavy atom. The third-order valence-electron chi connectivity index (χ3n) is 3.75. The van der Waals surface area contributed by atoms with Crippen molar-refractivity contribution in [2.24, 2.45) is 0 Å². The first-order chi connectivity index (χ1) is 12.1. The lowest BCUT2D eigenvalue weighted by Gasteiger charge is -2.09. The van der Waals surface area contributed by atoms with Crippen molar-refractivity contribution in [2.75, 3.05) is 0 Å². The molecule has 3 aromatic heterocycles. The molecule has 0 aliphatic carbocycles. The third kappa shape index (κ3) is 3.06. The van der Waals surface area contributed by atoms with Crippen molar-refractivity contribution < 1.29 is 9.53 Å². The quantitative estimate of drug-likeness (QED) is 0.433. The zero-order chi connectivity index (χ0) is 17.4. The van der Waals surface area contributed by atoms with E-state index < -0.39 is 0 Å². The van der Waals surface area contributed by atoms with E-state index in [2.05, 4.69) is 21.4 Å². The van der Waals surface area contributed by atoms with Crippen LogP contribution in [0.2, 0.25) is 0 Å². The second-order valence-corrected chi connectivity index (χ2v) is 7.37. The largest absolute Gasteiger partial charge is 0.438 e. The molecule has 124 valence electrons. The monoisotopic (exact) mass is 366 g/mol. The Bertz CT molecular complexity index is 1070. The number of rotatable bonds is 4. The van der Waals surface area contributed by atoms with E-state index in [9.17, 15) is 4.79 Å². The summed E-state index contributed by atoms with van der Waals surface area (Å²) in [6.45, 7) is 3.39. The van der Waals surface area contributed by atoms with Crippen LogP contribution in [0, 0.1) is 6.92 Å². The summed E-state index contributed by atoms with van der Waals surface area (Å²) in [6.07, 6.45) is 0. The van der Waals surface area contributed by atoms with Crippen LogP contribution in [-0.4, -0.2) is 15.8 Å². The fourth-order valence-corrected chi connectivity index (χ4v) is 4.39. The second kappa shape index (κ2) is 6.38. The maximum atomic E-state index is 11.6. The average Bonchev–Trinajstić information content (AvgIpc) is 3.23. The van der Waals surface area contributed by atoms with Crippen molar-refractivity contribution in [3.05, 3.63) is 58.5 Å². The molecule has 0 unspecified atom stereocenters. The summed E-state index contributed by atoms with van der Waals surface area (Å²) < 4.78 is 6.07. The van der Waals surface area contributed by atoms with Crippen molar-refractivity contribution in [1.82, 2.24) is 9.97 Å². The van der Waals surface area contributed by atoms with Crippen LogP contribution in [0.5, 0.6) is 11.6 Å². The van der Waals surface area contributed by atoms with Crippen molar-refractivity contribution in [3.63, 3.8) is 0 Å². The molecule has 0 N–H and O–H groups in total. The standard InChI is InChI=1S/C19H14N2O2S2/c1-11(22)13-5-3-6-14(9-13)23-18-17-15(16-7-4-8-24-16)10-25-19(17)21-12(2)20-18/h3-10H,1-2H3. The van der Waals surface area contributed by atoms with Crippen molar-refractivity contribution in [3.8, 4) is 22.1 Å².